The lowest BCUT2D eigenvalue weighted by Gasteiger charge is -2.20. The summed E-state index contributed by atoms with van der Waals surface area (Å²) >= 11 is 0. The van der Waals surface area contributed by atoms with E-state index in [2.05, 4.69) is 5.32 Å². The van der Waals surface area contributed by atoms with Gasteiger partial charge in [0.15, 0.2) is 12.4 Å². The van der Waals surface area contributed by atoms with Crippen LogP contribution in [0.15, 0.2) is 18.2 Å². The minimum absolute atomic E-state index is 0.0141. The third-order valence-electron chi connectivity index (χ3n) is 2.79. The number of ether oxygens (including phenoxy) is 1. The Hall–Kier alpha value is -1.88. The molecule has 0 saturated heterocycles. The number of fused-ring (bicyclic) bond motifs is 1. The van der Waals surface area contributed by atoms with Crippen LogP contribution >= 0.6 is 0 Å². The Bertz CT molecular complexity index is 496. The van der Waals surface area contributed by atoms with Crippen LogP contribution in [-0.4, -0.2) is 23.4 Å². The Morgan fingerprint density at radius 2 is 2.17 bits per heavy atom. The van der Waals surface area contributed by atoms with Crippen molar-refractivity contribution >= 4 is 17.4 Å². The summed E-state index contributed by atoms with van der Waals surface area (Å²) in [7, 11) is 0. The van der Waals surface area contributed by atoms with Gasteiger partial charge in [0, 0.05) is 5.92 Å². The van der Waals surface area contributed by atoms with E-state index >= 15 is 0 Å². The third-order valence-corrected chi connectivity index (χ3v) is 2.79. The van der Waals surface area contributed by atoms with E-state index in [1.165, 1.54) is 0 Å². The van der Waals surface area contributed by atoms with Gasteiger partial charge in [0.1, 0.15) is 11.9 Å². The molecular weight excluding hydrogens is 234 g/mol. The van der Waals surface area contributed by atoms with Crippen molar-refractivity contribution in [3.8, 4) is 5.75 Å². The van der Waals surface area contributed by atoms with Crippen molar-refractivity contribution in [1.29, 1.82) is 0 Å². The molecule has 1 aliphatic heterocycles. The van der Waals surface area contributed by atoms with Crippen molar-refractivity contribution in [2.45, 2.75) is 20.0 Å². The first kappa shape index (κ1) is 12.6. The molecule has 1 atom stereocenters. The molecule has 0 fully saturated rings. The standard InChI is InChI=1S/C13H15NO4/c1-7(2)12(16)13(17)8-3-4-10-9(5-8)14-11(15)6-18-10/h3-5,7,13,17H,6H2,1-2H3,(H,14,15). The van der Waals surface area contributed by atoms with Gasteiger partial charge in [0.05, 0.1) is 5.69 Å². The molecule has 1 aliphatic rings. The zero-order valence-corrected chi connectivity index (χ0v) is 10.3. The summed E-state index contributed by atoms with van der Waals surface area (Å²) in [5.74, 6) is -0.202. The number of carbonyl (C=O) groups excluding carboxylic acids is 2. The lowest BCUT2D eigenvalue weighted by Crippen LogP contribution is -2.26. The fourth-order valence-electron chi connectivity index (χ4n) is 1.75. The highest BCUT2D eigenvalue weighted by molar-refractivity contribution is 5.95. The molecule has 5 nitrogen and oxygen atoms in total. The fraction of sp³-hybridized carbons (Fsp3) is 0.385. The number of carbonyl (C=O) groups is 2. The van der Waals surface area contributed by atoms with Gasteiger partial charge in [-0.1, -0.05) is 19.9 Å². The number of Topliss-reactive ketones (excluding diaryl/α,β-unsaturated/α-hetero) is 1. The number of aliphatic hydroxyl groups is 1. The summed E-state index contributed by atoms with van der Waals surface area (Å²) in [6.07, 6.45) is -1.17. The van der Waals surface area contributed by atoms with Crippen LogP contribution in [0.1, 0.15) is 25.5 Å². The van der Waals surface area contributed by atoms with E-state index in [-0.39, 0.29) is 24.2 Å². The Balaban J connectivity index is 2.28. The highest BCUT2D eigenvalue weighted by Crippen LogP contribution is 2.31. The fourth-order valence-corrected chi connectivity index (χ4v) is 1.75. The minimum atomic E-state index is -1.17. The Labute approximate surface area is 105 Å². The number of rotatable bonds is 3. The smallest absolute Gasteiger partial charge is 0.262 e. The molecule has 1 heterocycles. The first-order chi connectivity index (χ1) is 8.49. The van der Waals surface area contributed by atoms with Crippen LogP contribution in [-0.2, 0) is 9.59 Å². The van der Waals surface area contributed by atoms with Crippen LogP contribution < -0.4 is 10.1 Å². The highest BCUT2D eigenvalue weighted by atomic mass is 16.5. The van der Waals surface area contributed by atoms with Gasteiger partial charge < -0.3 is 15.2 Å². The molecule has 5 heteroatoms. The summed E-state index contributed by atoms with van der Waals surface area (Å²) in [6, 6.07) is 4.83. The lowest BCUT2D eigenvalue weighted by molar-refractivity contribution is -0.130. The molecule has 0 aromatic heterocycles. The van der Waals surface area contributed by atoms with Crippen LogP contribution in [0.4, 0.5) is 5.69 Å². The van der Waals surface area contributed by atoms with E-state index in [9.17, 15) is 14.7 Å². The van der Waals surface area contributed by atoms with E-state index < -0.39 is 6.10 Å². The second-order valence-electron chi connectivity index (χ2n) is 4.55. The zero-order valence-electron chi connectivity index (χ0n) is 10.3. The summed E-state index contributed by atoms with van der Waals surface area (Å²) in [5.41, 5.74) is 0.942. The molecule has 1 unspecified atom stereocenters. The molecule has 0 bridgehead atoms. The molecule has 18 heavy (non-hydrogen) atoms. The zero-order chi connectivity index (χ0) is 13.3. The van der Waals surface area contributed by atoms with Gasteiger partial charge in [0.25, 0.3) is 5.91 Å². The van der Waals surface area contributed by atoms with Gasteiger partial charge in [-0.3, -0.25) is 9.59 Å². The average Bonchev–Trinajstić information content (AvgIpc) is 2.35. The summed E-state index contributed by atoms with van der Waals surface area (Å²) in [6.45, 7) is 3.45. The Morgan fingerprint density at radius 1 is 1.44 bits per heavy atom. The van der Waals surface area contributed by atoms with Crippen LogP contribution in [0.25, 0.3) is 0 Å². The van der Waals surface area contributed by atoms with Crippen molar-refractivity contribution in [3.63, 3.8) is 0 Å². The maximum atomic E-state index is 11.7. The summed E-state index contributed by atoms with van der Waals surface area (Å²) in [5, 5.41) is 12.6. The number of ketones is 1. The van der Waals surface area contributed by atoms with Gasteiger partial charge in [-0.15, -0.1) is 0 Å². The predicted molar refractivity (Wildman–Crippen MR) is 65.4 cm³/mol. The first-order valence-electron chi connectivity index (χ1n) is 5.77. The quantitative estimate of drug-likeness (QED) is 0.846. The van der Waals surface area contributed by atoms with Crippen LogP contribution in [0.3, 0.4) is 0 Å². The SMILES string of the molecule is CC(C)C(=O)C(O)c1ccc2c(c1)NC(=O)CO2. The number of amides is 1. The number of hydrogen-bond acceptors (Lipinski definition) is 4. The second-order valence-corrected chi connectivity index (χ2v) is 4.55. The van der Waals surface area contributed by atoms with E-state index in [4.69, 9.17) is 4.74 Å². The maximum Gasteiger partial charge on any atom is 0.262 e. The Kier molecular flexibility index (Phi) is 3.34. The van der Waals surface area contributed by atoms with Gasteiger partial charge in [-0.05, 0) is 17.7 Å². The molecule has 1 amide bonds. The number of anilines is 1. The molecule has 2 N–H and O–H groups in total. The molecule has 0 saturated carbocycles. The van der Waals surface area contributed by atoms with Crippen molar-refractivity contribution in [3.05, 3.63) is 23.8 Å². The molecule has 0 spiro atoms. The molecule has 0 radical (unpaired) electrons. The molecular formula is C13H15NO4. The molecule has 2 rings (SSSR count). The van der Waals surface area contributed by atoms with Crippen LogP contribution in [0, 0.1) is 5.92 Å². The number of hydrogen-bond donors (Lipinski definition) is 2. The number of benzene rings is 1. The monoisotopic (exact) mass is 249 g/mol. The predicted octanol–water partition coefficient (Wildman–Crippen LogP) is 1.28. The topological polar surface area (TPSA) is 75.6 Å². The van der Waals surface area contributed by atoms with Crippen LogP contribution in [0.5, 0.6) is 5.75 Å². The summed E-state index contributed by atoms with van der Waals surface area (Å²) < 4.78 is 5.20. The highest BCUT2D eigenvalue weighted by Gasteiger charge is 2.23. The van der Waals surface area contributed by atoms with Gasteiger partial charge in [-0.25, -0.2) is 0 Å². The van der Waals surface area contributed by atoms with Crippen molar-refractivity contribution < 1.29 is 19.4 Å². The van der Waals surface area contributed by atoms with E-state index in [1.54, 1.807) is 32.0 Å². The summed E-state index contributed by atoms with van der Waals surface area (Å²) in [4.78, 5) is 22.9. The number of aliphatic hydroxyl groups excluding tert-OH is 1. The van der Waals surface area contributed by atoms with E-state index in [0.717, 1.165) is 0 Å². The van der Waals surface area contributed by atoms with Gasteiger partial charge in [-0.2, -0.15) is 0 Å². The second kappa shape index (κ2) is 4.78. The minimum Gasteiger partial charge on any atom is -0.482 e. The average molecular weight is 249 g/mol. The first-order valence-corrected chi connectivity index (χ1v) is 5.77. The molecule has 1 aromatic carbocycles. The lowest BCUT2D eigenvalue weighted by atomic mass is 9.97. The molecule has 1 aromatic rings. The van der Waals surface area contributed by atoms with E-state index in [1.807, 2.05) is 0 Å². The van der Waals surface area contributed by atoms with Gasteiger partial charge >= 0.3 is 0 Å². The third kappa shape index (κ3) is 2.36. The number of nitrogens with one attached hydrogen (secondary N) is 1. The van der Waals surface area contributed by atoms with Crippen LogP contribution in [0.2, 0.25) is 0 Å². The van der Waals surface area contributed by atoms with Crippen molar-refractivity contribution in [2.24, 2.45) is 5.92 Å². The van der Waals surface area contributed by atoms with Crippen molar-refractivity contribution in [1.82, 2.24) is 0 Å². The molecule has 0 aliphatic carbocycles. The molecule has 96 valence electrons. The van der Waals surface area contributed by atoms with Gasteiger partial charge in [0.2, 0.25) is 0 Å². The maximum absolute atomic E-state index is 11.7. The largest absolute Gasteiger partial charge is 0.482 e. The van der Waals surface area contributed by atoms with Crippen molar-refractivity contribution in [2.75, 3.05) is 11.9 Å². The van der Waals surface area contributed by atoms with E-state index in [0.29, 0.717) is 17.0 Å². The Morgan fingerprint density at radius 3 is 2.83 bits per heavy atom. The normalized spacial score (nSPS) is 15.7.